The van der Waals surface area contributed by atoms with Crippen LogP contribution >= 0.6 is 0 Å². The fourth-order valence-electron chi connectivity index (χ4n) is 1.01. The summed E-state index contributed by atoms with van der Waals surface area (Å²) in [5.74, 6) is -3.96. The van der Waals surface area contributed by atoms with Gasteiger partial charge in [0.2, 0.25) is 0 Å². The van der Waals surface area contributed by atoms with Crippen LogP contribution < -0.4 is 0 Å². The van der Waals surface area contributed by atoms with Crippen molar-refractivity contribution < 1.29 is 23.8 Å². The van der Waals surface area contributed by atoms with Gasteiger partial charge in [-0.2, -0.15) is 0 Å². The molecule has 1 rings (SSSR count). The number of hydrogen-bond donors (Lipinski definition) is 1. The number of hydrogen-bond acceptors (Lipinski definition) is 4. The first kappa shape index (κ1) is 11.2. The number of ether oxygens (including phenoxy) is 1. The fourth-order valence-corrected chi connectivity index (χ4v) is 1.01. The van der Waals surface area contributed by atoms with Crippen LogP contribution in [0.25, 0.3) is 0 Å². The molecule has 0 spiro atoms. The lowest BCUT2D eigenvalue weighted by atomic mass is 10.1. The van der Waals surface area contributed by atoms with Crippen molar-refractivity contribution in [3.05, 3.63) is 29.6 Å². The van der Waals surface area contributed by atoms with Gasteiger partial charge in [-0.15, -0.1) is 0 Å². The van der Waals surface area contributed by atoms with Crippen molar-refractivity contribution in [1.29, 1.82) is 0 Å². The maximum Gasteiger partial charge on any atom is 0.379 e. The third kappa shape index (κ3) is 2.31. The summed E-state index contributed by atoms with van der Waals surface area (Å²) < 4.78 is 17.3. The van der Waals surface area contributed by atoms with Crippen LogP contribution in [0.1, 0.15) is 17.3 Å². The Morgan fingerprint density at radius 2 is 2.13 bits per heavy atom. The molecule has 0 saturated carbocycles. The standard InChI is InChI=1S/C10H9FO4/c1-2-15-10(14)9(13)6-4-3-5-7(11)8(6)12/h3-5,12H,2H2,1H3. The van der Waals surface area contributed by atoms with Crippen LogP contribution in [0.4, 0.5) is 4.39 Å². The summed E-state index contributed by atoms with van der Waals surface area (Å²) in [5.41, 5.74) is -0.395. The van der Waals surface area contributed by atoms with E-state index in [1.807, 2.05) is 0 Å². The van der Waals surface area contributed by atoms with Crippen molar-refractivity contribution in [3.63, 3.8) is 0 Å². The van der Waals surface area contributed by atoms with Crippen molar-refractivity contribution in [3.8, 4) is 5.75 Å². The summed E-state index contributed by atoms with van der Waals surface area (Å²) in [6, 6.07) is 3.36. The number of para-hydroxylation sites is 1. The molecule has 80 valence electrons. The lowest BCUT2D eigenvalue weighted by molar-refractivity contribution is -0.137. The predicted molar refractivity (Wildman–Crippen MR) is 49.0 cm³/mol. The number of halogens is 1. The molecule has 0 fully saturated rings. The largest absolute Gasteiger partial charge is 0.504 e. The fraction of sp³-hybridized carbons (Fsp3) is 0.200. The Balaban J connectivity index is 3.01. The molecule has 0 amide bonds. The molecule has 1 aromatic carbocycles. The number of ketones is 1. The number of rotatable bonds is 3. The molecule has 0 bridgehead atoms. The first-order valence-electron chi connectivity index (χ1n) is 4.26. The van der Waals surface area contributed by atoms with E-state index in [0.717, 1.165) is 12.1 Å². The second kappa shape index (κ2) is 4.54. The van der Waals surface area contributed by atoms with Crippen LogP contribution in [-0.4, -0.2) is 23.5 Å². The monoisotopic (exact) mass is 212 g/mol. The molecule has 0 saturated heterocycles. The van der Waals surface area contributed by atoms with Crippen LogP contribution in [0.2, 0.25) is 0 Å². The SMILES string of the molecule is CCOC(=O)C(=O)c1cccc(F)c1O. The molecular weight excluding hydrogens is 203 g/mol. The topological polar surface area (TPSA) is 63.6 Å². The minimum Gasteiger partial charge on any atom is -0.504 e. The molecule has 1 N–H and O–H groups in total. The zero-order chi connectivity index (χ0) is 11.4. The van der Waals surface area contributed by atoms with Gasteiger partial charge < -0.3 is 9.84 Å². The van der Waals surface area contributed by atoms with E-state index >= 15 is 0 Å². The van der Waals surface area contributed by atoms with Gasteiger partial charge in [0.05, 0.1) is 12.2 Å². The number of esters is 1. The zero-order valence-electron chi connectivity index (χ0n) is 7.99. The molecule has 0 unspecified atom stereocenters. The molecule has 0 aliphatic heterocycles. The minimum atomic E-state index is -1.11. The molecule has 0 aliphatic rings. The number of Topliss-reactive ketones (excluding diaryl/α,β-unsaturated/α-hetero) is 1. The second-order valence-electron chi connectivity index (χ2n) is 2.69. The Kier molecular flexibility index (Phi) is 3.38. The predicted octanol–water partition coefficient (Wildman–Crippen LogP) is 1.28. The summed E-state index contributed by atoms with van der Waals surface area (Å²) >= 11 is 0. The lowest BCUT2D eigenvalue weighted by Crippen LogP contribution is -2.17. The second-order valence-corrected chi connectivity index (χ2v) is 2.69. The van der Waals surface area contributed by atoms with Crippen LogP contribution in [-0.2, 0) is 9.53 Å². The Labute approximate surface area is 85.3 Å². The first-order valence-corrected chi connectivity index (χ1v) is 4.26. The van der Waals surface area contributed by atoms with E-state index in [1.165, 1.54) is 13.0 Å². The molecule has 0 aromatic heterocycles. The number of aromatic hydroxyl groups is 1. The van der Waals surface area contributed by atoms with Gasteiger partial charge in [0.1, 0.15) is 0 Å². The van der Waals surface area contributed by atoms with E-state index in [4.69, 9.17) is 0 Å². The molecule has 0 radical (unpaired) electrons. The van der Waals surface area contributed by atoms with Gasteiger partial charge in [-0.25, -0.2) is 9.18 Å². The van der Waals surface area contributed by atoms with Crippen LogP contribution in [0.3, 0.4) is 0 Å². The summed E-state index contributed by atoms with van der Waals surface area (Å²) in [5, 5.41) is 9.18. The molecular formula is C10H9FO4. The van der Waals surface area contributed by atoms with Crippen molar-refractivity contribution in [2.24, 2.45) is 0 Å². The van der Waals surface area contributed by atoms with E-state index < -0.39 is 28.9 Å². The smallest absolute Gasteiger partial charge is 0.379 e. The normalized spacial score (nSPS) is 9.73. The minimum absolute atomic E-state index is 0.0423. The summed E-state index contributed by atoms with van der Waals surface area (Å²) in [6.07, 6.45) is 0. The highest BCUT2D eigenvalue weighted by molar-refractivity contribution is 6.41. The van der Waals surface area contributed by atoms with Gasteiger partial charge in [0.25, 0.3) is 5.78 Å². The highest BCUT2D eigenvalue weighted by Crippen LogP contribution is 2.21. The van der Waals surface area contributed by atoms with Gasteiger partial charge in [-0.3, -0.25) is 4.79 Å². The molecule has 0 aliphatic carbocycles. The summed E-state index contributed by atoms with van der Waals surface area (Å²) in [7, 11) is 0. The summed E-state index contributed by atoms with van der Waals surface area (Å²) in [6.45, 7) is 1.58. The Morgan fingerprint density at radius 3 is 2.73 bits per heavy atom. The number of carbonyl (C=O) groups is 2. The number of benzene rings is 1. The van der Waals surface area contributed by atoms with Crippen LogP contribution in [0.5, 0.6) is 5.75 Å². The van der Waals surface area contributed by atoms with Gasteiger partial charge >= 0.3 is 5.97 Å². The molecule has 5 heteroatoms. The average molecular weight is 212 g/mol. The Bertz CT molecular complexity index is 400. The lowest BCUT2D eigenvalue weighted by Gasteiger charge is -2.03. The van der Waals surface area contributed by atoms with Gasteiger partial charge in [0, 0.05) is 0 Å². The zero-order valence-corrected chi connectivity index (χ0v) is 7.99. The van der Waals surface area contributed by atoms with Gasteiger partial charge in [0.15, 0.2) is 11.6 Å². The van der Waals surface area contributed by atoms with Crippen molar-refractivity contribution in [2.75, 3.05) is 6.61 Å². The van der Waals surface area contributed by atoms with E-state index in [0.29, 0.717) is 0 Å². The number of phenols is 1. The first-order chi connectivity index (χ1) is 7.07. The van der Waals surface area contributed by atoms with Crippen molar-refractivity contribution in [1.82, 2.24) is 0 Å². The summed E-state index contributed by atoms with van der Waals surface area (Å²) in [4.78, 5) is 22.3. The molecule has 1 aromatic rings. The highest BCUT2D eigenvalue weighted by Gasteiger charge is 2.22. The molecule has 0 heterocycles. The van der Waals surface area contributed by atoms with E-state index in [9.17, 15) is 19.1 Å². The third-order valence-electron chi connectivity index (χ3n) is 1.69. The number of phenolic OH excluding ortho intramolecular Hbond substituents is 1. The highest BCUT2D eigenvalue weighted by atomic mass is 19.1. The van der Waals surface area contributed by atoms with Crippen molar-refractivity contribution >= 4 is 11.8 Å². The molecule has 0 atom stereocenters. The maximum atomic E-state index is 12.8. The Morgan fingerprint density at radius 1 is 1.47 bits per heavy atom. The Hall–Kier alpha value is -1.91. The van der Waals surface area contributed by atoms with E-state index in [-0.39, 0.29) is 6.61 Å². The number of carbonyl (C=O) groups excluding carboxylic acids is 2. The maximum absolute atomic E-state index is 12.8. The third-order valence-corrected chi connectivity index (χ3v) is 1.69. The quantitative estimate of drug-likeness (QED) is 0.465. The van der Waals surface area contributed by atoms with Crippen LogP contribution in [0.15, 0.2) is 18.2 Å². The molecule has 4 nitrogen and oxygen atoms in total. The van der Waals surface area contributed by atoms with E-state index in [2.05, 4.69) is 4.74 Å². The van der Waals surface area contributed by atoms with Gasteiger partial charge in [-0.05, 0) is 19.1 Å². The van der Waals surface area contributed by atoms with Gasteiger partial charge in [-0.1, -0.05) is 6.07 Å². The average Bonchev–Trinajstić information content (AvgIpc) is 2.21. The van der Waals surface area contributed by atoms with Crippen molar-refractivity contribution in [2.45, 2.75) is 6.92 Å². The molecule has 15 heavy (non-hydrogen) atoms. The van der Waals surface area contributed by atoms with Crippen LogP contribution in [0, 0.1) is 5.82 Å². The van der Waals surface area contributed by atoms with E-state index in [1.54, 1.807) is 0 Å².